The second-order valence-corrected chi connectivity index (χ2v) is 6.28. The van der Waals surface area contributed by atoms with Gasteiger partial charge in [-0.05, 0) is 12.8 Å². The SMILES string of the molecule is CC(C)(C)c1coc(CNc2nnc3n2CCCC3)n1. The molecule has 3 heterocycles. The van der Waals surface area contributed by atoms with E-state index in [9.17, 15) is 0 Å². The van der Waals surface area contributed by atoms with E-state index in [1.54, 1.807) is 6.26 Å². The largest absolute Gasteiger partial charge is 0.447 e. The molecule has 0 atom stereocenters. The first-order valence-electron chi connectivity index (χ1n) is 7.15. The Bertz CT molecular complexity index is 593. The third kappa shape index (κ3) is 2.55. The van der Waals surface area contributed by atoms with Crippen LogP contribution >= 0.6 is 0 Å². The molecule has 2 aromatic rings. The molecular weight excluding hydrogens is 254 g/mol. The van der Waals surface area contributed by atoms with E-state index in [1.165, 1.54) is 12.8 Å². The fourth-order valence-corrected chi connectivity index (χ4v) is 2.33. The second-order valence-electron chi connectivity index (χ2n) is 6.28. The van der Waals surface area contributed by atoms with E-state index >= 15 is 0 Å². The summed E-state index contributed by atoms with van der Waals surface area (Å²) in [7, 11) is 0. The van der Waals surface area contributed by atoms with Gasteiger partial charge in [-0.25, -0.2) is 4.98 Å². The van der Waals surface area contributed by atoms with Gasteiger partial charge in [0.1, 0.15) is 12.1 Å². The van der Waals surface area contributed by atoms with Crippen LogP contribution in [0.4, 0.5) is 5.95 Å². The highest BCUT2D eigenvalue weighted by molar-refractivity contribution is 5.27. The van der Waals surface area contributed by atoms with Gasteiger partial charge in [0.15, 0.2) is 0 Å². The number of oxazole rings is 1. The summed E-state index contributed by atoms with van der Waals surface area (Å²) in [5.41, 5.74) is 0.980. The molecule has 3 rings (SSSR count). The third-order valence-electron chi connectivity index (χ3n) is 3.58. The van der Waals surface area contributed by atoms with Crippen LogP contribution in [-0.2, 0) is 24.9 Å². The lowest BCUT2D eigenvalue weighted by Gasteiger charge is -2.14. The van der Waals surface area contributed by atoms with E-state index in [4.69, 9.17) is 4.42 Å². The zero-order chi connectivity index (χ0) is 14.2. The molecule has 2 aromatic heterocycles. The number of nitrogens with one attached hydrogen (secondary N) is 1. The van der Waals surface area contributed by atoms with Crippen LogP contribution in [0.2, 0.25) is 0 Å². The molecule has 0 bridgehead atoms. The van der Waals surface area contributed by atoms with Gasteiger partial charge in [0.2, 0.25) is 11.8 Å². The van der Waals surface area contributed by atoms with Crippen LogP contribution < -0.4 is 5.32 Å². The highest BCUT2D eigenvalue weighted by Crippen LogP contribution is 2.22. The van der Waals surface area contributed by atoms with Crippen molar-refractivity contribution in [1.82, 2.24) is 19.7 Å². The summed E-state index contributed by atoms with van der Waals surface area (Å²) in [4.78, 5) is 4.51. The highest BCUT2D eigenvalue weighted by Gasteiger charge is 2.19. The molecule has 6 nitrogen and oxygen atoms in total. The van der Waals surface area contributed by atoms with Gasteiger partial charge in [-0.3, -0.25) is 4.57 Å². The zero-order valence-corrected chi connectivity index (χ0v) is 12.3. The number of hydrogen-bond acceptors (Lipinski definition) is 5. The standard InChI is InChI=1S/C14H21N5O/c1-14(2,3)10-9-20-12(16-10)8-15-13-18-17-11-6-4-5-7-19(11)13/h9H,4-8H2,1-3H3,(H,15,18). The van der Waals surface area contributed by atoms with Crippen molar-refractivity contribution < 1.29 is 4.42 Å². The maximum Gasteiger partial charge on any atom is 0.225 e. The highest BCUT2D eigenvalue weighted by atomic mass is 16.3. The predicted octanol–water partition coefficient (Wildman–Crippen LogP) is 2.51. The van der Waals surface area contributed by atoms with Crippen LogP contribution in [0, 0.1) is 0 Å². The Hall–Kier alpha value is -1.85. The average Bonchev–Trinajstić information content (AvgIpc) is 3.02. The van der Waals surface area contributed by atoms with E-state index in [-0.39, 0.29) is 5.41 Å². The van der Waals surface area contributed by atoms with Crippen molar-refractivity contribution >= 4 is 5.95 Å². The van der Waals surface area contributed by atoms with Gasteiger partial charge in [-0.1, -0.05) is 20.8 Å². The van der Waals surface area contributed by atoms with Crippen LogP contribution in [0.15, 0.2) is 10.7 Å². The summed E-state index contributed by atoms with van der Waals surface area (Å²) < 4.78 is 7.65. The van der Waals surface area contributed by atoms with E-state index in [1.807, 2.05) is 0 Å². The lowest BCUT2D eigenvalue weighted by molar-refractivity contribution is 0.495. The van der Waals surface area contributed by atoms with Crippen molar-refractivity contribution in [3.05, 3.63) is 23.7 Å². The van der Waals surface area contributed by atoms with E-state index in [0.29, 0.717) is 12.4 Å². The molecular formula is C14H21N5O. The maximum atomic E-state index is 5.50. The third-order valence-corrected chi connectivity index (χ3v) is 3.58. The summed E-state index contributed by atoms with van der Waals surface area (Å²) in [5.74, 6) is 2.57. The fraction of sp³-hybridized carbons (Fsp3) is 0.643. The van der Waals surface area contributed by atoms with Crippen LogP contribution in [0.3, 0.4) is 0 Å². The molecule has 0 spiro atoms. The molecule has 0 aliphatic carbocycles. The van der Waals surface area contributed by atoms with Crippen molar-refractivity contribution in [3.8, 4) is 0 Å². The topological polar surface area (TPSA) is 68.8 Å². The molecule has 108 valence electrons. The molecule has 6 heteroatoms. The van der Waals surface area contributed by atoms with E-state index in [0.717, 1.165) is 30.4 Å². The minimum atomic E-state index is 0.00970. The number of aromatic nitrogens is 4. The van der Waals surface area contributed by atoms with Gasteiger partial charge in [-0.15, -0.1) is 10.2 Å². The Labute approximate surface area is 118 Å². The summed E-state index contributed by atoms with van der Waals surface area (Å²) in [5, 5.41) is 11.7. The summed E-state index contributed by atoms with van der Waals surface area (Å²) in [6.07, 6.45) is 5.14. The minimum absolute atomic E-state index is 0.00970. The monoisotopic (exact) mass is 275 g/mol. The van der Waals surface area contributed by atoms with Crippen molar-refractivity contribution in [2.75, 3.05) is 5.32 Å². The Kier molecular flexibility index (Phi) is 3.23. The molecule has 1 N–H and O–H groups in total. The minimum Gasteiger partial charge on any atom is -0.447 e. The van der Waals surface area contributed by atoms with E-state index in [2.05, 4.69) is 45.8 Å². The summed E-state index contributed by atoms with van der Waals surface area (Å²) >= 11 is 0. The quantitative estimate of drug-likeness (QED) is 0.932. The molecule has 1 aliphatic rings. The number of nitrogens with zero attached hydrogens (tertiary/aromatic N) is 4. The van der Waals surface area contributed by atoms with Crippen LogP contribution in [0.1, 0.15) is 51.0 Å². The molecule has 0 unspecified atom stereocenters. The molecule has 1 aliphatic heterocycles. The van der Waals surface area contributed by atoms with Gasteiger partial charge in [0.25, 0.3) is 0 Å². The van der Waals surface area contributed by atoms with Crippen molar-refractivity contribution in [2.45, 2.75) is 58.5 Å². The van der Waals surface area contributed by atoms with Crippen LogP contribution in [0.5, 0.6) is 0 Å². The van der Waals surface area contributed by atoms with Gasteiger partial charge in [0.05, 0.1) is 12.2 Å². The molecule has 0 amide bonds. The fourth-order valence-electron chi connectivity index (χ4n) is 2.33. The number of anilines is 1. The maximum absolute atomic E-state index is 5.50. The Morgan fingerprint density at radius 1 is 1.30 bits per heavy atom. The average molecular weight is 275 g/mol. The second kappa shape index (κ2) is 4.92. The lowest BCUT2D eigenvalue weighted by atomic mass is 9.93. The van der Waals surface area contributed by atoms with Crippen molar-refractivity contribution in [3.63, 3.8) is 0 Å². The lowest BCUT2D eigenvalue weighted by Crippen LogP contribution is -2.14. The Morgan fingerprint density at radius 3 is 2.90 bits per heavy atom. The molecule has 0 aromatic carbocycles. The summed E-state index contributed by atoms with van der Waals surface area (Å²) in [6.45, 7) is 7.89. The molecule has 0 radical (unpaired) electrons. The molecule has 0 saturated heterocycles. The van der Waals surface area contributed by atoms with Gasteiger partial charge in [0, 0.05) is 18.4 Å². The van der Waals surface area contributed by atoms with Crippen molar-refractivity contribution in [1.29, 1.82) is 0 Å². The van der Waals surface area contributed by atoms with Gasteiger partial charge < -0.3 is 9.73 Å². The normalized spacial score (nSPS) is 15.2. The van der Waals surface area contributed by atoms with Crippen LogP contribution in [0.25, 0.3) is 0 Å². The van der Waals surface area contributed by atoms with Crippen molar-refractivity contribution in [2.24, 2.45) is 0 Å². The number of aryl methyl sites for hydroxylation is 1. The van der Waals surface area contributed by atoms with E-state index < -0.39 is 0 Å². The number of hydrogen-bond donors (Lipinski definition) is 1. The predicted molar refractivity (Wildman–Crippen MR) is 75.5 cm³/mol. The molecule has 0 fully saturated rings. The molecule has 20 heavy (non-hydrogen) atoms. The number of fused-ring (bicyclic) bond motifs is 1. The zero-order valence-electron chi connectivity index (χ0n) is 12.3. The Morgan fingerprint density at radius 2 is 2.15 bits per heavy atom. The first-order valence-corrected chi connectivity index (χ1v) is 7.15. The Balaban J connectivity index is 1.68. The molecule has 0 saturated carbocycles. The summed E-state index contributed by atoms with van der Waals surface area (Å²) in [6, 6.07) is 0. The number of rotatable bonds is 3. The first-order chi connectivity index (χ1) is 9.54. The van der Waals surface area contributed by atoms with Crippen LogP contribution in [-0.4, -0.2) is 19.7 Å². The van der Waals surface area contributed by atoms with Gasteiger partial charge >= 0.3 is 0 Å². The van der Waals surface area contributed by atoms with Gasteiger partial charge in [-0.2, -0.15) is 0 Å². The smallest absolute Gasteiger partial charge is 0.225 e. The first kappa shape index (κ1) is 13.1.